The van der Waals surface area contributed by atoms with Crippen LogP contribution in [0.4, 0.5) is 0 Å². The molecule has 1 saturated heterocycles. The van der Waals surface area contributed by atoms with Gasteiger partial charge in [0, 0.05) is 6.42 Å². The molecule has 0 radical (unpaired) electrons. The highest BCUT2D eigenvalue weighted by Crippen LogP contribution is 2.26. The minimum atomic E-state index is -1.64. The molecule has 0 spiro atoms. The van der Waals surface area contributed by atoms with E-state index < -0.39 is 67.4 Å². The molecule has 0 aromatic carbocycles. The van der Waals surface area contributed by atoms with Crippen LogP contribution in [0.5, 0.6) is 0 Å². The summed E-state index contributed by atoms with van der Waals surface area (Å²) in [6, 6.07) is -1.04. The highest BCUT2D eigenvalue weighted by molar-refractivity contribution is 5.80. The number of aliphatic hydroxyl groups excluding tert-OH is 5. The van der Waals surface area contributed by atoms with Crippen molar-refractivity contribution in [3.63, 3.8) is 0 Å². The van der Waals surface area contributed by atoms with Crippen LogP contribution in [0.15, 0.2) is 109 Å². The topological polar surface area (TPSA) is 175 Å². The second kappa shape index (κ2) is 51.1. The van der Waals surface area contributed by atoms with E-state index in [0.717, 1.165) is 109 Å². The second-order valence-corrected chi connectivity index (χ2v) is 20.1. The maximum Gasteiger partial charge on any atom is 0.306 e. The molecule has 0 saturated carbocycles. The molecule has 75 heavy (non-hydrogen) atoms. The molecule has 1 heterocycles. The first-order valence-corrected chi connectivity index (χ1v) is 29.7. The molecule has 1 aliphatic rings. The maximum atomic E-state index is 13.4. The number of aliphatic hydroxyl groups is 5. The molecule has 1 aliphatic heterocycles. The summed E-state index contributed by atoms with van der Waals surface area (Å²) >= 11 is 0. The number of amides is 1. The van der Waals surface area contributed by atoms with Crippen molar-refractivity contribution in [1.82, 2.24) is 5.32 Å². The van der Waals surface area contributed by atoms with Crippen molar-refractivity contribution in [3.05, 3.63) is 109 Å². The zero-order valence-corrected chi connectivity index (χ0v) is 47.1. The SMILES string of the molecule is CC/C=C/C=C/C=C\C=C/CCCCCC(=O)OC1C(OCC(NC(=O)C(O)CCCCCCCC/C=C\C/C=C\C/C=C\C/C=C\CCCCC)C(O)/C=C/CCCCCCCCCCC)OC(CO)C(O)C1O. The molecule has 0 bridgehead atoms. The average Bonchev–Trinajstić information content (AvgIpc) is 3.41. The van der Waals surface area contributed by atoms with Gasteiger partial charge in [0.15, 0.2) is 12.4 Å². The van der Waals surface area contributed by atoms with Gasteiger partial charge < -0.3 is 45.1 Å². The van der Waals surface area contributed by atoms with Crippen molar-refractivity contribution in [2.24, 2.45) is 0 Å². The van der Waals surface area contributed by atoms with E-state index in [1.54, 1.807) is 6.08 Å². The lowest BCUT2D eigenvalue weighted by Crippen LogP contribution is -2.61. The van der Waals surface area contributed by atoms with Gasteiger partial charge in [-0.1, -0.05) is 233 Å². The quantitative estimate of drug-likeness (QED) is 0.0149. The van der Waals surface area contributed by atoms with Gasteiger partial charge in [-0.2, -0.15) is 0 Å². The summed E-state index contributed by atoms with van der Waals surface area (Å²) in [6.07, 6.45) is 58.5. The molecular formula is C64H107NO10. The zero-order valence-electron chi connectivity index (χ0n) is 47.1. The number of carbonyl (C=O) groups is 2. The fraction of sp³-hybridized carbons (Fsp3) is 0.688. The summed E-state index contributed by atoms with van der Waals surface area (Å²) in [5, 5.41) is 56.8. The number of allylic oxidation sites excluding steroid dienone is 17. The van der Waals surface area contributed by atoms with E-state index in [1.165, 1.54) is 64.2 Å². The number of carbonyl (C=O) groups excluding carboxylic acids is 2. The summed E-state index contributed by atoms with van der Waals surface area (Å²) in [6.45, 7) is 5.56. The van der Waals surface area contributed by atoms with Crippen LogP contribution in [-0.4, -0.2) is 99.6 Å². The molecule has 1 amide bonds. The predicted octanol–water partition coefficient (Wildman–Crippen LogP) is 13.7. The van der Waals surface area contributed by atoms with Crippen LogP contribution in [0, 0.1) is 0 Å². The van der Waals surface area contributed by atoms with Crippen LogP contribution in [0.2, 0.25) is 0 Å². The Hall–Kier alpha value is -3.68. The predicted molar refractivity (Wildman–Crippen MR) is 310 cm³/mol. The molecule has 6 N–H and O–H groups in total. The third-order valence-corrected chi connectivity index (χ3v) is 13.3. The molecule has 1 fully saturated rings. The van der Waals surface area contributed by atoms with Gasteiger partial charge in [-0.3, -0.25) is 9.59 Å². The van der Waals surface area contributed by atoms with Crippen LogP contribution in [0.3, 0.4) is 0 Å². The Morgan fingerprint density at radius 1 is 0.547 bits per heavy atom. The van der Waals surface area contributed by atoms with Gasteiger partial charge in [-0.05, 0) is 89.9 Å². The fourth-order valence-electron chi connectivity index (χ4n) is 8.53. The van der Waals surface area contributed by atoms with E-state index >= 15 is 0 Å². The maximum absolute atomic E-state index is 13.4. The Morgan fingerprint density at radius 2 is 1.01 bits per heavy atom. The van der Waals surface area contributed by atoms with E-state index in [0.29, 0.717) is 12.8 Å². The lowest BCUT2D eigenvalue weighted by molar-refractivity contribution is -0.305. The average molecular weight is 1050 g/mol. The van der Waals surface area contributed by atoms with Gasteiger partial charge in [-0.15, -0.1) is 0 Å². The Kier molecular flexibility index (Phi) is 47.2. The third kappa shape index (κ3) is 39.4. The Bertz CT molecular complexity index is 1630. The Labute approximate surface area is 456 Å². The van der Waals surface area contributed by atoms with Crippen molar-refractivity contribution in [2.75, 3.05) is 13.2 Å². The lowest BCUT2D eigenvalue weighted by atomic mass is 9.99. The van der Waals surface area contributed by atoms with Crippen molar-refractivity contribution < 1.29 is 49.3 Å². The monoisotopic (exact) mass is 1050 g/mol. The summed E-state index contributed by atoms with van der Waals surface area (Å²) in [5.74, 6) is -1.26. The summed E-state index contributed by atoms with van der Waals surface area (Å²) in [7, 11) is 0. The summed E-state index contributed by atoms with van der Waals surface area (Å²) in [4.78, 5) is 26.4. The Morgan fingerprint density at radius 3 is 1.59 bits per heavy atom. The van der Waals surface area contributed by atoms with Crippen molar-refractivity contribution >= 4 is 11.9 Å². The molecular weight excluding hydrogens is 943 g/mol. The Balaban J connectivity index is 2.70. The molecule has 0 aliphatic carbocycles. The summed E-state index contributed by atoms with van der Waals surface area (Å²) < 4.78 is 17.5. The first kappa shape index (κ1) is 69.3. The van der Waals surface area contributed by atoms with Gasteiger partial charge in [-0.25, -0.2) is 0 Å². The third-order valence-electron chi connectivity index (χ3n) is 13.3. The van der Waals surface area contributed by atoms with Crippen LogP contribution < -0.4 is 5.32 Å². The first-order chi connectivity index (χ1) is 36.7. The highest BCUT2D eigenvalue weighted by atomic mass is 16.7. The molecule has 1 rings (SSSR count). The van der Waals surface area contributed by atoms with Crippen LogP contribution >= 0.6 is 0 Å². The first-order valence-electron chi connectivity index (χ1n) is 29.7. The standard InChI is InChI=1S/C64H107NO10/c1-4-7-10-13-16-19-22-24-25-26-27-28-29-30-31-32-34-36-39-42-45-48-51-57(68)63(72)65-55(56(67)50-47-44-41-38-35-21-18-15-12-9-6-3)54-73-64-62(61(71)60(70)58(53-66)74-64)75-59(69)52-49-46-43-40-37-33-23-20-17-14-11-8-5-2/h8,11,14,16-17,19-20,23-25,27-28,30-31,33,37,47,50,55-58,60-62,64,66-68,70-71H,4-7,9-10,12-13,15,18,21-22,26,29,32,34-36,38-46,48-49,51-54H2,1-3H3,(H,65,72)/b11-8+,17-14+,19-16-,23-20-,25-24-,28-27-,31-30-,37-33-,50-47+. The molecule has 8 unspecified atom stereocenters. The van der Waals surface area contributed by atoms with E-state index in [2.05, 4.69) is 86.8 Å². The summed E-state index contributed by atoms with van der Waals surface area (Å²) in [5.41, 5.74) is 0. The molecule has 11 nitrogen and oxygen atoms in total. The zero-order chi connectivity index (χ0) is 54.7. The van der Waals surface area contributed by atoms with Gasteiger partial charge >= 0.3 is 5.97 Å². The van der Waals surface area contributed by atoms with E-state index in [9.17, 15) is 35.1 Å². The molecule has 11 heteroatoms. The molecule has 0 aromatic heterocycles. The van der Waals surface area contributed by atoms with Crippen LogP contribution in [0.25, 0.3) is 0 Å². The van der Waals surface area contributed by atoms with Gasteiger partial charge in [0.05, 0.1) is 25.4 Å². The number of unbranched alkanes of at least 4 members (excludes halogenated alkanes) is 21. The van der Waals surface area contributed by atoms with Gasteiger partial charge in [0.1, 0.15) is 24.4 Å². The van der Waals surface area contributed by atoms with Crippen molar-refractivity contribution in [1.29, 1.82) is 0 Å². The number of rotatable bonds is 48. The number of hydrogen-bond donors (Lipinski definition) is 6. The largest absolute Gasteiger partial charge is 0.454 e. The van der Waals surface area contributed by atoms with Crippen molar-refractivity contribution in [2.45, 2.75) is 269 Å². The van der Waals surface area contributed by atoms with E-state index in [4.69, 9.17) is 14.2 Å². The van der Waals surface area contributed by atoms with Gasteiger partial charge in [0.25, 0.3) is 0 Å². The number of esters is 1. The number of ether oxygens (including phenoxy) is 3. The fourth-order valence-corrected chi connectivity index (χ4v) is 8.53. The molecule has 0 aromatic rings. The van der Waals surface area contributed by atoms with Crippen LogP contribution in [-0.2, 0) is 23.8 Å². The minimum absolute atomic E-state index is 0.0704. The number of hydrogen-bond acceptors (Lipinski definition) is 10. The second-order valence-electron chi connectivity index (χ2n) is 20.1. The van der Waals surface area contributed by atoms with E-state index in [1.807, 2.05) is 42.5 Å². The molecule has 428 valence electrons. The number of nitrogens with one attached hydrogen (secondary N) is 1. The van der Waals surface area contributed by atoms with E-state index in [-0.39, 0.29) is 19.4 Å². The normalized spacial score (nSPS) is 20.0. The smallest absolute Gasteiger partial charge is 0.306 e. The van der Waals surface area contributed by atoms with Crippen LogP contribution in [0.1, 0.15) is 220 Å². The molecule has 8 atom stereocenters. The minimum Gasteiger partial charge on any atom is -0.454 e. The lowest BCUT2D eigenvalue weighted by Gasteiger charge is -2.41. The van der Waals surface area contributed by atoms with Crippen molar-refractivity contribution in [3.8, 4) is 0 Å². The van der Waals surface area contributed by atoms with Gasteiger partial charge in [0.2, 0.25) is 5.91 Å². The highest BCUT2D eigenvalue weighted by Gasteiger charge is 2.47.